The van der Waals surface area contributed by atoms with Crippen LogP contribution in [0.1, 0.15) is 36.1 Å². The lowest BCUT2D eigenvalue weighted by Gasteiger charge is -2.31. The zero-order chi connectivity index (χ0) is 22.1. The third-order valence-electron chi connectivity index (χ3n) is 5.14. The first-order chi connectivity index (χ1) is 15.1. The molecule has 0 aliphatic rings. The molecule has 1 atom stereocenters. The first kappa shape index (κ1) is 22.1. The molecule has 0 saturated carbocycles. The molecule has 31 heavy (non-hydrogen) atoms. The van der Waals surface area contributed by atoms with Crippen LogP contribution in [0.4, 0.5) is 0 Å². The monoisotopic (exact) mass is 416 g/mol. The molecule has 1 N–H and O–H groups in total. The summed E-state index contributed by atoms with van der Waals surface area (Å²) in [6.45, 7) is 2.48. The van der Waals surface area contributed by atoms with Crippen LogP contribution in [0.25, 0.3) is 0 Å². The molecule has 0 aliphatic carbocycles. The lowest BCUT2D eigenvalue weighted by atomic mass is 10.0. The highest BCUT2D eigenvalue weighted by atomic mass is 16.5. The molecule has 2 amide bonds. The number of amides is 2. The maximum Gasteiger partial charge on any atom is 0.247 e. The summed E-state index contributed by atoms with van der Waals surface area (Å²) >= 11 is 0. The highest BCUT2D eigenvalue weighted by Crippen LogP contribution is 2.25. The minimum absolute atomic E-state index is 0.0786. The first-order valence-electron chi connectivity index (χ1n) is 10.4. The van der Waals surface area contributed by atoms with Gasteiger partial charge in [0.25, 0.3) is 0 Å². The van der Waals surface area contributed by atoms with Crippen LogP contribution >= 0.6 is 0 Å². The van der Waals surface area contributed by atoms with E-state index in [2.05, 4.69) is 5.32 Å². The van der Waals surface area contributed by atoms with Crippen LogP contribution < -0.4 is 10.1 Å². The van der Waals surface area contributed by atoms with E-state index >= 15 is 0 Å². The number of methoxy groups -OCH3 is 1. The van der Waals surface area contributed by atoms with E-state index in [0.717, 1.165) is 16.7 Å². The zero-order valence-electron chi connectivity index (χ0n) is 18.0. The molecule has 5 heteroatoms. The van der Waals surface area contributed by atoms with E-state index in [9.17, 15) is 9.59 Å². The average molecular weight is 417 g/mol. The highest BCUT2D eigenvalue weighted by Gasteiger charge is 2.30. The molecule has 0 aromatic heterocycles. The fourth-order valence-electron chi connectivity index (χ4n) is 3.54. The standard InChI is InChI=1S/C26H28N2O3/c1-3-24(29)28(19-20-12-6-4-7-13-20)25(21-14-8-5-9-15-21)26(30)27-18-22-16-10-11-17-23(22)31-2/h4-17,25H,3,18-19H2,1-2H3,(H,27,30)/t25-/m0/s1. The van der Waals surface area contributed by atoms with E-state index in [-0.39, 0.29) is 11.8 Å². The third-order valence-corrected chi connectivity index (χ3v) is 5.14. The van der Waals surface area contributed by atoms with Gasteiger partial charge >= 0.3 is 0 Å². The second-order valence-corrected chi connectivity index (χ2v) is 7.20. The fourth-order valence-corrected chi connectivity index (χ4v) is 3.54. The molecule has 3 aromatic rings. The van der Waals surface area contributed by atoms with Crippen LogP contribution in [0.3, 0.4) is 0 Å². The fraction of sp³-hybridized carbons (Fsp3) is 0.231. The Kier molecular flexibility index (Phi) is 7.82. The lowest BCUT2D eigenvalue weighted by molar-refractivity contribution is -0.141. The van der Waals surface area contributed by atoms with Crippen molar-refractivity contribution in [3.63, 3.8) is 0 Å². The predicted octanol–water partition coefficient (Wildman–Crippen LogP) is 4.49. The van der Waals surface area contributed by atoms with Gasteiger partial charge in [-0.25, -0.2) is 0 Å². The van der Waals surface area contributed by atoms with Crippen molar-refractivity contribution < 1.29 is 14.3 Å². The molecule has 5 nitrogen and oxygen atoms in total. The van der Waals surface area contributed by atoms with Crippen molar-refractivity contribution in [2.24, 2.45) is 0 Å². The largest absolute Gasteiger partial charge is 0.496 e. The number of hydrogen-bond acceptors (Lipinski definition) is 3. The van der Waals surface area contributed by atoms with Gasteiger partial charge in [0.15, 0.2) is 0 Å². The molecule has 0 saturated heterocycles. The molecule has 0 heterocycles. The molecule has 3 aromatic carbocycles. The number of nitrogens with zero attached hydrogens (tertiary/aromatic N) is 1. The van der Waals surface area contributed by atoms with E-state index in [0.29, 0.717) is 25.3 Å². The van der Waals surface area contributed by atoms with Gasteiger partial charge in [0.05, 0.1) is 7.11 Å². The quantitative estimate of drug-likeness (QED) is 0.559. The molecular formula is C26H28N2O3. The summed E-state index contributed by atoms with van der Waals surface area (Å²) < 4.78 is 5.39. The maximum atomic E-state index is 13.4. The van der Waals surface area contributed by atoms with Gasteiger partial charge in [-0.05, 0) is 17.2 Å². The summed E-state index contributed by atoms with van der Waals surface area (Å²) in [6, 6.07) is 26.0. The summed E-state index contributed by atoms with van der Waals surface area (Å²) in [4.78, 5) is 28.0. The second kappa shape index (κ2) is 11.0. The van der Waals surface area contributed by atoms with Crippen LogP contribution in [0.15, 0.2) is 84.9 Å². The van der Waals surface area contributed by atoms with Crippen molar-refractivity contribution >= 4 is 11.8 Å². The molecule has 160 valence electrons. The van der Waals surface area contributed by atoms with Gasteiger partial charge in [0.2, 0.25) is 11.8 Å². The van der Waals surface area contributed by atoms with Gasteiger partial charge in [-0.3, -0.25) is 9.59 Å². The molecule has 0 unspecified atom stereocenters. The Morgan fingerprint density at radius 1 is 0.903 bits per heavy atom. The smallest absolute Gasteiger partial charge is 0.247 e. The van der Waals surface area contributed by atoms with Crippen LogP contribution in [0.5, 0.6) is 5.75 Å². The third kappa shape index (κ3) is 5.72. The normalized spacial score (nSPS) is 11.4. The number of ether oxygens (including phenoxy) is 1. The van der Waals surface area contributed by atoms with Gasteiger partial charge in [0.1, 0.15) is 11.8 Å². The average Bonchev–Trinajstić information content (AvgIpc) is 2.83. The van der Waals surface area contributed by atoms with Crippen molar-refractivity contribution in [2.75, 3.05) is 7.11 Å². The van der Waals surface area contributed by atoms with Gasteiger partial charge < -0.3 is 15.0 Å². The number of para-hydroxylation sites is 1. The summed E-state index contributed by atoms with van der Waals surface area (Å²) in [6.07, 6.45) is 0.315. The van der Waals surface area contributed by atoms with Gasteiger partial charge in [-0.1, -0.05) is 85.8 Å². The first-order valence-corrected chi connectivity index (χ1v) is 10.4. The summed E-state index contributed by atoms with van der Waals surface area (Å²) in [7, 11) is 1.61. The van der Waals surface area contributed by atoms with Crippen molar-refractivity contribution in [3.8, 4) is 5.75 Å². The molecule has 0 bridgehead atoms. The molecule has 0 spiro atoms. The lowest BCUT2D eigenvalue weighted by Crippen LogP contribution is -2.43. The molecule has 0 aliphatic heterocycles. The predicted molar refractivity (Wildman–Crippen MR) is 121 cm³/mol. The van der Waals surface area contributed by atoms with Crippen molar-refractivity contribution in [1.29, 1.82) is 0 Å². The Bertz CT molecular complexity index is 990. The van der Waals surface area contributed by atoms with E-state index in [4.69, 9.17) is 4.74 Å². The van der Waals surface area contributed by atoms with E-state index in [1.54, 1.807) is 12.0 Å². The van der Waals surface area contributed by atoms with Crippen molar-refractivity contribution in [2.45, 2.75) is 32.5 Å². The zero-order valence-corrected chi connectivity index (χ0v) is 18.0. The minimum Gasteiger partial charge on any atom is -0.496 e. The highest BCUT2D eigenvalue weighted by molar-refractivity contribution is 5.88. The van der Waals surface area contributed by atoms with E-state index in [1.165, 1.54) is 0 Å². The van der Waals surface area contributed by atoms with E-state index in [1.807, 2.05) is 91.9 Å². The Labute approximate surface area is 183 Å². The number of hydrogen-bond donors (Lipinski definition) is 1. The van der Waals surface area contributed by atoms with Crippen LogP contribution in [-0.2, 0) is 22.7 Å². The number of carbonyl (C=O) groups is 2. The van der Waals surface area contributed by atoms with Gasteiger partial charge in [0, 0.05) is 25.1 Å². The Morgan fingerprint density at radius 2 is 1.52 bits per heavy atom. The summed E-state index contributed by atoms with van der Waals surface area (Å²) in [5.41, 5.74) is 2.63. The van der Waals surface area contributed by atoms with Gasteiger partial charge in [-0.2, -0.15) is 0 Å². The number of rotatable bonds is 9. The molecule has 0 fully saturated rings. The Hall–Kier alpha value is -3.60. The second-order valence-electron chi connectivity index (χ2n) is 7.20. The molecule has 0 radical (unpaired) electrons. The van der Waals surface area contributed by atoms with Gasteiger partial charge in [-0.15, -0.1) is 0 Å². The van der Waals surface area contributed by atoms with Crippen LogP contribution in [0.2, 0.25) is 0 Å². The summed E-state index contributed by atoms with van der Waals surface area (Å²) in [5, 5.41) is 3.00. The maximum absolute atomic E-state index is 13.4. The van der Waals surface area contributed by atoms with E-state index < -0.39 is 6.04 Å². The van der Waals surface area contributed by atoms with Crippen LogP contribution in [-0.4, -0.2) is 23.8 Å². The minimum atomic E-state index is -0.733. The SMILES string of the molecule is CCC(=O)N(Cc1ccccc1)[C@H](C(=O)NCc1ccccc1OC)c1ccccc1. The Balaban J connectivity index is 1.90. The van der Waals surface area contributed by atoms with Crippen molar-refractivity contribution in [3.05, 3.63) is 102 Å². The molecular weight excluding hydrogens is 388 g/mol. The van der Waals surface area contributed by atoms with Crippen LogP contribution in [0, 0.1) is 0 Å². The number of benzene rings is 3. The number of nitrogens with one attached hydrogen (secondary N) is 1. The van der Waals surface area contributed by atoms with Crippen molar-refractivity contribution in [1.82, 2.24) is 10.2 Å². The molecule has 3 rings (SSSR count). The summed E-state index contributed by atoms with van der Waals surface area (Å²) in [5.74, 6) is 0.407. The topological polar surface area (TPSA) is 58.6 Å². The Morgan fingerprint density at radius 3 is 2.16 bits per heavy atom. The number of carbonyl (C=O) groups excluding carboxylic acids is 2.